The van der Waals surface area contributed by atoms with E-state index in [0.717, 1.165) is 19.5 Å². The summed E-state index contributed by atoms with van der Waals surface area (Å²) >= 11 is 0. The molecule has 36 heavy (non-hydrogen) atoms. The van der Waals surface area contributed by atoms with Crippen molar-refractivity contribution in [1.29, 1.82) is 0 Å². The summed E-state index contributed by atoms with van der Waals surface area (Å²) in [5, 5.41) is 5.95. The fourth-order valence-electron chi connectivity index (χ4n) is 4.83. The molecular weight excluding hydrogens is 450 g/mol. The van der Waals surface area contributed by atoms with E-state index < -0.39 is 0 Å². The van der Waals surface area contributed by atoms with E-state index in [0.29, 0.717) is 29.6 Å². The SMILES string of the molecule is COc1ccccc1C(=O)COc1ccc([C@H]2CCNC[C@@H]2OCc2ccc3ccccc3c2)cc1. The summed E-state index contributed by atoms with van der Waals surface area (Å²) < 4.78 is 17.5. The Labute approximate surface area is 212 Å². The number of nitrogens with one attached hydrogen (secondary N) is 1. The van der Waals surface area contributed by atoms with Gasteiger partial charge in [-0.25, -0.2) is 0 Å². The van der Waals surface area contributed by atoms with Crippen LogP contribution in [0.5, 0.6) is 11.5 Å². The average molecular weight is 482 g/mol. The summed E-state index contributed by atoms with van der Waals surface area (Å²) in [5.74, 6) is 1.42. The molecule has 0 unspecified atom stereocenters. The Morgan fingerprint density at radius 1 is 0.917 bits per heavy atom. The van der Waals surface area contributed by atoms with Gasteiger partial charge < -0.3 is 19.5 Å². The van der Waals surface area contributed by atoms with Crippen molar-refractivity contribution in [3.8, 4) is 11.5 Å². The first-order valence-electron chi connectivity index (χ1n) is 12.4. The molecule has 184 valence electrons. The first kappa shape index (κ1) is 24.0. The van der Waals surface area contributed by atoms with Gasteiger partial charge >= 0.3 is 0 Å². The number of piperidine rings is 1. The van der Waals surface area contributed by atoms with Crippen molar-refractivity contribution in [3.05, 3.63) is 108 Å². The molecule has 0 amide bonds. The van der Waals surface area contributed by atoms with Crippen LogP contribution < -0.4 is 14.8 Å². The number of carbonyl (C=O) groups excluding carboxylic acids is 1. The van der Waals surface area contributed by atoms with E-state index in [-0.39, 0.29) is 18.5 Å². The Kier molecular flexibility index (Phi) is 7.60. The topological polar surface area (TPSA) is 56.8 Å². The van der Waals surface area contributed by atoms with E-state index in [2.05, 4.69) is 59.9 Å². The van der Waals surface area contributed by atoms with E-state index in [9.17, 15) is 4.79 Å². The molecule has 1 aliphatic heterocycles. The van der Waals surface area contributed by atoms with Crippen LogP contribution in [0.2, 0.25) is 0 Å². The number of ketones is 1. The average Bonchev–Trinajstić information content (AvgIpc) is 2.95. The van der Waals surface area contributed by atoms with Gasteiger partial charge in [0.15, 0.2) is 6.61 Å². The van der Waals surface area contributed by atoms with Gasteiger partial charge in [0.05, 0.1) is 25.4 Å². The van der Waals surface area contributed by atoms with Gasteiger partial charge in [0.2, 0.25) is 5.78 Å². The normalized spacial score (nSPS) is 17.6. The number of carbonyl (C=O) groups is 1. The lowest BCUT2D eigenvalue weighted by atomic mass is 9.87. The van der Waals surface area contributed by atoms with Crippen molar-refractivity contribution >= 4 is 16.6 Å². The van der Waals surface area contributed by atoms with Crippen molar-refractivity contribution in [3.63, 3.8) is 0 Å². The number of methoxy groups -OCH3 is 1. The summed E-state index contributed by atoms with van der Waals surface area (Å²) in [4.78, 5) is 12.6. The number of ether oxygens (including phenoxy) is 3. The fourth-order valence-corrected chi connectivity index (χ4v) is 4.83. The molecule has 1 saturated heterocycles. The van der Waals surface area contributed by atoms with Crippen LogP contribution in [-0.2, 0) is 11.3 Å². The molecule has 5 rings (SSSR count). The lowest BCUT2D eigenvalue weighted by Crippen LogP contribution is -2.40. The molecule has 4 aromatic carbocycles. The van der Waals surface area contributed by atoms with Crippen LogP contribution in [0.1, 0.15) is 33.8 Å². The molecule has 4 aromatic rings. The number of hydrogen-bond donors (Lipinski definition) is 1. The number of hydrogen-bond acceptors (Lipinski definition) is 5. The lowest BCUT2D eigenvalue weighted by Gasteiger charge is -2.32. The van der Waals surface area contributed by atoms with E-state index in [1.54, 1.807) is 19.2 Å². The molecule has 5 heteroatoms. The van der Waals surface area contributed by atoms with Crippen LogP contribution in [0.25, 0.3) is 10.8 Å². The van der Waals surface area contributed by atoms with E-state index in [1.807, 2.05) is 24.3 Å². The first-order chi connectivity index (χ1) is 17.7. The molecule has 5 nitrogen and oxygen atoms in total. The van der Waals surface area contributed by atoms with Crippen LogP contribution in [0.3, 0.4) is 0 Å². The van der Waals surface area contributed by atoms with Crippen molar-refractivity contribution in [2.75, 3.05) is 26.8 Å². The number of rotatable bonds is 9. The Balaban J connectivity index is 1.20. The smallest absolute Gasteiger partial charge is 0.203 e. The number of fused-ring (bicyclic) bond motifs is 1. The van der Waals surface area contributed by atoms with Gasteiger partial charge in [0.1, 0.15) is 11.5 Å². The van der Waals surface area contributed by atoms with E-state index >= 15 is 0 Å². The van der Waals surface area contributed by atoms with Gasteiger partial charge in [-0.15, -0.1) is 0 Å². The molecule has 0 saturated carbocycles. The molecule has 2 atom stereocenters. The molecule has 1 aliphatic rings. The maximum absolute atomic E-state index is 12.6. The quantitative estimate of drug-likeness (QED) is 0.308. The lowest BCUT2D eigenvalue weighted by molar-refractivity contribution is 0.0106. The maximum Gasteiger partial charge on any atom is 0.203 e. The predicted molar refractivity (Wildman–Crippen MR) is 142 cm³/mol. The van der Waals surface area contributed by atoms with Gasteiger partial charge in [-0.05, 0) is 65.2 Å². The van der Waals surface area contributed by atoms with E-state index in [1.165, 1.54) is 21.9 Å². The third kappa shape index (κ3) is 5.59. The second-order valence-corrected chi connectivity index (χ2v) is 9.11. The Bertz CT molecular complexity index is 1320. The highest BCUT2D eigenvalue weighted by atomic mass is 16.5. The Morgan fingerprint density at radius 2 is 1.69 bits per heavy atom. The fraction of sp³-hybridized carbons (Fsp3) is 0.258. The third-order valence-electron chi connectivity index (χ3n) is 6.79. The molecule has 0 radical (unpaired) electrons. The highest BCUT2D eigenvalue weighted by Gasteiger charge is 2.27. The predicted octanol–water partition coefficient (Wildman–Crippen LogP) is 5.77. The number of Topliss-reactive ketones (excluding diaryl/α,β-unsaturated/α-hetero) is 1. The minimum absolute atomic E-state index is 0.0371. The molecule has 1 heterocycles. The summed E-state index contributed by atoms with van der Waals surface area (Å²) in [5.41, 5.74) is 2.93. The Hall–Kier alpha value is -3.67. The minimum Gasteiger partial charge on any atom is -0.496 e. The molecule has 0 aromatic heterocycles. The zero-order chi connectivity index (χ0) is 24.7. The van der Waals surface area contributed by atoms with Crippen LogP contribution in [-0.4, -0.2) is 38.7 Å². The van der Waals surface area contributed by atoms with Gasteiger partial charge in [-0.1, -0.05) is 60.7 Å². The molecular formula is C31H31NO4. The molecule has 0 aliphatic carbocycles. The number of benzene rings is 4. The molecule has 0 bridgehead atoms. The zero-order valence-electron chi connectivity index (χ0n) is 20.5. The highest BCUT2D eigenvalue weighted by molar-refractivity contribution is 5.99. The van der Waals surface area contributed by atoms with Gasteiger partial charge in [-0.3, -0.25) is 4.79 Å². The standard InChI is InChI=1S/C31H31NO4/c1-34-30-9-5-4-8-28(30)29(33)21-35-26-14-12-24(13-15-26)27-16-17-32-19-31(27)36-20-22-10-11-23-6-2-3-7-25(23)18-22/h2-15,18,27,31-32H,16-17,19-21H2,1H3/t27-,31+/m1/s1. The largest absolute Gasteiger partial charge is 0.496 e. The second kappa shape index (κ2) is 11.4. The van der Waals surface area contributed by atoms with Gasteiger partial charge in [0, 0.05) is 12.5 Å². The Morgan fingerprint density at radius 3 is 2.53 bits per heavy atom. The minimum atomic E-state index is -0.114. The molecule has 1 N–H and O–H groups in total. The third-order valence-corrected chi connectivity index (χ3v) is 6.79. The first-order valence-corrected chi connectivity index (χ1v) is 12.4. The van der Waals surface area contributed by atoms with Crippen molar-refractivity contribution in [2.45, 2.75) is 25.0 Å². The van der Waals surface area contributed by atoms with E-state index in [4.69, 9.17) is 14.2 Å². The van der Waals surface area contributed by atoms with Crippen LogP contribution >= 0.6 is 0 Å². The number of para-hydroxylation sites is 1. The monoisotopic (exact) mass is 481 g/mol. The molecule has 1 fully saturated rings. The summed E-state index contributed by atoms with van der Waals surface area (Å²) in [6.07, 6.45) is 1.10. The van der Waals surface area contributed by atoms with Crippen LogP contribution in [0, 0.1) is 0 Å². The van der Waals surface area contributed by atoms with Crippen LogP contribution in [0.15, 0.2) is 91.0 Å². The summed E-state index contributed by atoms with van der Waals surface area (Å²) in [7, 11) is 1.56. The molecule has 0 spiro atoms. The van der Waals surface area contributed by atoms with Crippen LogP contribution in [0.4, 0.5) is 0 Å². The van der Waals surface area contributed by atoms with Crippen molar-refractivity contribution in [1.82, 2.24) is 5.32 Å². The maximum atomic E-state index is 12.6. The van der Waals surface area contributed by atoms with Gasteiger partial charge in [-0.2, -0.15) is 0 Å². The second-order valence-electron chi connectivity index (χ2n) is 9.11. The zero-order valence-corrected chi connectivity index (χ0v) is 20.5. The van der Waals surface area contributed by atoms with Crippen molar-refractivity contribution < 1.29 is 19.0 Å². The summed E-state index contributed by atoms with van der Waals surface area (Å²) in [6.45, 7) is 2.33. The summed E-state index contributed by atoms with van der Waals surface area (Å²) in [6, 6.07) is 30.1. The highest BCUT2D eigenvalue weighted by Crippen LogP contribution is 2.30. The van der Waals surface area contributed by atoms with Crippen molar-refractivity contribution in [2.24, 2.45) is 0 Å². The van der Waals surface area contributed by atoms with Gasteiger partial charge in [0.25, 0.3) is 0 Å².